The Kier molecular flexibility index (Phi) is 7.89. The van der Waals surface area contributed by atoms with E-state index in [0.29, 0.717) is 0 Å². The van der Waals surface area contributed by atoms with Gasteiger partial charge in [-0.2, -0.15) is 0 Å². The maximum absolute atomic E-state index is 2.52. The van der Waals surface area contributed by atoms with Gasteiger partial charge in [-0.25, -0.2) is 0 Å². The first-order valence-corrected chi connectivity index (χ1v) is 19.7. The summed E-state index contributed by atoms with van der Waals surface area (Å²) in [6.07, 6.45) is 0. The summed E-state index contributed by atoms with van der Waals surface area (Å²) in [7, 11) is 0. The molecule has 11 aromatic rings. The van der Waals surface area contributed by atoms with Crippen LogP contribution in [0.25, 0.3) is 87.2 Å². The Morgan fingerprint density at radius 2 is 0.772 bits per heavy atom. The van der Waals surface area contributed by atoms with Crippen LogP contribution in [-0.2, 0) is 0 Å². The Balaban J connectivity index is 1.21. The highest BCUT2D eigenvalue weighted by Gasteiger charge is 2.25. The summed E-state index contributed by atoms with van der Waals surface area (Å²) in [5, 5.41) is 12.4. The highest BCUT2D eigenvalue weighted by atomic mass is 15.1. The molecule has 0 saturated carbocycles. The molecule has 0 saturated heterocycles. The molecule has 266 valence electrons. The Hall–Kier alpha value is -7.48. The molecule has 57 heavy (non-hydrogen) atoms. The normalized spacial score (nSPS) is 11.5. The zero-order valence-corrected chi connectivity index (χ0v) is 31.3. The van der Waals surface area contributed by atoms with Gasteiger partial charge in [-0.15, -0.1) is 0 Å². The molecule has 0 fully saturated rings. The van der Waals surface area contributed by atoms with Crippen molar-refractivity contribution in [3.8, 4) is 33.4 Å². The highest BCUT2D eigenvalue weighted by molar-refractivity contribution is 6.23. The molecule has 11 aromatic carbocycles. The molecule has 0 aromatic heterocycles. The summed E-state index contributed by atoms with van der Waals surface area (Å²) in [4.78, 5) is 2.52. The number of hydrogen-bond donors (Lipinski definition) is 0. The van der Waals surface area contributed by atoms with Gasteiger partial charge in [0.15, 0.2) is 0 Å². The Morgan fingerprint density at radius 3 is 1.53 bits per heavy atom. The van der Waals surface area contributed by atoms with E-state index in [2.05, 4.69) is 229 Å². The lowest BCUT2D eigenvalue weighted by atomic mass is 9.88. The van der Waals surface area contributed by atoms with Gasteiger partial charge in [0.2, 0.25) is 0 Å². The lowest BCUT2D eigenvalue weighted by Gasteiger charge is -2.31. The van der Waals surface area contributed by atoms with E-state index in [9.17, 15) is 0 Å². The van der Waals surface area contributed by atoms with E-state index in [1.165, 1.54) is 87.2 Å². The van der Waals surface area contributed by atoms with Crippen molar-refractivity contribution in [2.45, 2.75) is 0 Å². The molecule has 0 unspecified atom stereocenters. The molecule has 0 aliphatic heterocycles. The van der Waals surface area contributed by atoms with Gasteiger partial charge in [-0.3, -0.25) is 0 Å². The molecule has 1 nitrogen and oxygen atoms in total. The molecular formula is C56H37N. The van der Waals surface area contributed by atoms with Crippen LogP contribution in [0.2, 0.25) is 0 Å². The smallest absolute Gasteiger partial charge is 0.0625 e. The standard InChI is InChI=1S/C56H37N/c1-2-16-38(17-3-1)41-21-14-22-43(36-41)55-51-29-12-10-26-48(51)49-27-11-13-30-52(49)56(55)57(54-31-15-20-39-18-4-7-24-46(39)54)44-34-32-40(33-35-44)53-37-42-19-5-6-23-45(42)47-25-8-9-28-50(47)53/h1-37H. The summed E-state index contributed by atoms with van der Waals surface area (Å²) >= 11 is 0. The summed E-state index contributed by atoms with van der Waals surface area (Å²) in [6, 6.07) is 82.2. The van der Waals surface area contributed by atoms with Crippen LogP contribution in [0.1, 0.15) is 0 Å². The predicted octanol–water partition coefficient (Wildman–Crippen LogP) is 15.9. The summed E-state index contributed by atoms with van der Waals surface area (Å²) in [5.41, 5.74) is 10.6. The van der Waals surface area contributed by atoms with E-state index >= 15 is 0 Å². The van der Waals surface area contributed by atoms with Crippen LogP contribution in [0.4, 0.5) is 17.1 Å². The zero-order valence-electron chi connectivity index (χ0n) is 31.3. The largest absolute Gasteiger partial charge is 0.309 e. The van der Waals surface area contributed by atoms with Gasteiger partial charge in [0.1, 0.15) is 0 Å². The van der Waals surface area contributed by atoms with E-state index in [1.807, 2.05) is 0 Å². The van der Waals surface area contributed by atoms with Crippen molar-refractivity contribution in [2.75, 3.05) is 4.90 Å². The summed E-state index contributed by atoms with van der Waals surface area (Å²) in [6.45, 7) is 0. The molecule has 0 atom stereocenters. The maximum Gasteiger partial charge on any atom is 0.0625 e. The Bertz CT molecular complexity index is 3280. The maximum atomic E-state index is 2.52. The third-order valence-corrected chi connectivity index (χ3v) is 11.6. The first kappa shape index (κ1) is 32.9. The number of nitrogens with zero attached hydrogens (tertiary/aromatic N) is 1. The molecule has 0 aliphatic rings. The van der Waals surface area contributed by atoms with Crippen molar-refractivity contribution in [1.29, 1.82) is 0 Å². The first-order chi connectivity index (χ1) is 28.3. The van der Waals surface area contributed by atoms with Gasteiger partial charge in [0, 0.05) is 22.0 Å². The van der Waals surface area contributed by atoms with Crippen LogP contribution >= 0.6 is 0 Å². The van der Waals surface area contributed by atoms with Crippen molar-refractivity contribution in [1.82, 2.24) is 0 Å². The van der Waals surface area contributed by atoms with Crippen LogP contribution in [0, 0.1) is 0 Å². The highest BCUT2D eigenvalue weighted by Crippen LogP contribution is 2.51. The number of rotatable bonds is 6. The minimum Gasteiger partial charge on any atom is -0.309 e. The molecule has 0 spiro atoms. The molecular weight excluding hydrogens is 687 g/mol. The van der Waals surface area contributed by atoms with Crippen LogP contribution in [0.3, 0.4) is 0 Å². The van der Waals surface area contributed by atoms with Gasteiger partial charge in [-0.05, 0) is 101 Å². The average Bonchev–Trinajstić information content (AvgIpc) is 3.29. The molecule has 1 heteroatoms. The SMILES string of the molecule is c1ccc(-c2cccc(-c3c(N(c4ccc(-c5cc6ccccc6c6ccccc56)cc4)c4cccc5ccccc45)c4ccccc4c4ccccc34)c2)cc1. The van der Waals surface area contributed by atoms with Gasteiger partial charge >= 0.3 is 0 Å². The van der Waals surface area contributed by atoms with Crippen molar-refractivity contribution in [3.63, 3.8) is 0 Å². The summed E-state index contributed by atoms with van der Waals surface area (Å²) < 4.78 is 0. The number of hydrogen-bond acceptors (Lipinski definition) is 1. The lowest BCUT2D eigenvalue weighted by molar-refractivity contribution is 1.32. The average molecular weight is 724 g/mol. The molecule has 0 aliphatic carbocycles. The fraction of sp³-hybridized carbons (Fsp3) is 0. The lowest BCUT2D eigenvalue weighted by Crippen LogP contribution is -2.13. The third-order valence-electron chi connectivity index (χ3n) is 11.6. The fourth-order valence-corrected chi connectivity index (χ4v) is 9.01. The predicted molar refractivity (Wildman–Crippen MR) is 245 cm³/mol. The summed E-state index contributed by atoms with van der Waals surface area (Å²) in [5.74, 6) is 0. The fourth-order valence-electron chi connectivity index (χ4n) is 9.01. The third kappa shape index (κ3) is 5.55. The van der Waals surface area contributed by atoms with Crippen molar-refractivity contribution >= 4 is 70.9 Å². The van der Waals surface area contributed by atoms with Crippen molar-refractivity contribution in [2.24, 2.45) is 0 Å². The molecule has 0 N–H and O–H groups in total. The Labute approximate surface area is 332 Å². The van der Waals surface area contributed by atoms with Crippen LogP contribution < -0.4 is 4.90 Å². The van der Waals surface area contributed by atoms with E-state index < -0.39 is 0 Å². The molecule has 0 heterocycles. The molecule has 11 rings (SSSR count). The van der Waals surface area contributed by atoms with Crippen LogP contribution in [-0.4, -0.2) is 0 Å². The zero-order chi connectivity index (χ0) is 37.7. The molecule has 0 radical (unpaired) electrons. The van der Waals surface area contributed by atoms with E-state index in [0.717, 1.165) is 17.1 Å². The monoisotopic (exact) mass is 723 g/mol. The van der Waals surface area contributed by atoms with Crippen molar-refractivity contribution < 1.29 is 0 Å². The molecule has 0 amide bonds. The number of fused-ring (bicyclic) bond motifs is 7. The minimum atomic E-state index is 1.10. The Morgan fingerprint density at radius 1 is 0.263 bits per heavy atom. The van der Waals surface area contributed by atoms with E-state index in [1.54, 1.807) is 0 Å². The quantitative estimate of drug-likeness (QED) is 0.154. The van der Waals surface area contributed by atoms with E-state index in [-0.39, 0.29) is 0 Å². The second kappa shape index (κ2) is 13.7. The number of benzene rings is 11. The molecule has 0 bridgehead atoms. The van der Waals surface area contributed by atoms with Gasteiger partial charge in [0.25, 0.3) is 0 Å². The second-order valence-electron chi connectivity index (χ2n) is 14.8. The van der Waals surface area contributed by atoms with Crippen LogP contribution in [0.5, 0.6) is 0 Å². The van der Waals surface area contributed by atoms with Gasteiger partial charge in [-0.1, -0.05) is 194 Å². The minimum absolute atomic E-state index is 1.10. The topological polar surface area (TPSA) is 3.24 Å². The first-order valence-electron chi connectivity index (χ1n) is 19.7. The van der Waals surface area contributed by atoms with E-state index in [4.69, 9.17) is 0 Å². The van der Waals surface area contributed by atoms with Crippen LogP contribution in [0.15, 0.2) is 224 Å². The van der Waals surface area contributed by atoms with Crippen molar-refractivity contribution in [3.05, 3.63) is 224 Å². The van der Waals surface area contributed by atoms with Gasteiger partial charge in [0.05, 0.1) is 11.4 Å². The second-order valence-corrected chi connectivity index (χ2v) is 14.8. The number of anilines is 3. The van der Waals surface area contributed by atoms with Gasteiger partial charge < -0.3 is 4.90 Å².